The monoisotopic (exact) mass is 431 g/mol. The lowest BCUT2D eigenvalue weighted by Crippen LogP contribution is -2.29. The molecule has 3 heterocycles. The molecule has 152 valence electrons. The first-order chi connectivity index (χ1) is 14.0. The number of nitrogens with two attached hydrogens (primary N) is 1. The van der Waals surface area contributed by atoms with Gasteiger partial charge in [0.2, 0.25) is 0 Å². The Hall–Kier alpha value is -2.28. The average Bonchev–Trinajstić information content (AvgIpc) is 3.20. The minimum atomic E-state index is -0.381. The maximum Gasteiger partial charge on any atom is 0.166 e. The van der Waals surface area contributed by atoms with Crippen molar-refractivity contribution in [1.29, 1.82) is 0 Å². The SMILES string of the molecule is CC(Oc1cc(-c2cnn(C3CCNCC3)c2)cnc1N)c1c(Cl)cccc1Cl. The molecule has 0 spiro atoms. The normalized spacial score (nSPS) is 16.0. The van der Waals surface area contributed by atoms with Gasteiger partial charge in [-0.05, 0) is 51.1 Å². The summed E-state index contributed by atoms with van der Waals surface area (Å²) < 4.78 is 8.13. The van der Waals surface area contributed by atoms with Gasteiger partial charge in [0.25, 0.3) is 0 Å². The third-order valence-corrected chi connectivity index (χ3v) is 5.87. The topological polar surface area (TPSA) is 78.0 Å². The fourth-order valence-electron chi connectivity index (χ4n) is 3.61. The van der Waals surface area contributed by atoms with Gasteiger partial charge in [0.05, 0.1) is 12.2 Å². The summed E-state index contributed by atoms with van der Waals surface area (Å²) in [7, 11) is 0. The van der Waals surface area contributed by atoms with Crippen LogP contribution in [0, 0.1) is 0 Å². The molecule has 0 saturated carbocycles. The van der Waals surface area contributed by atoms with Crippen LogP contribution in [-0.4, -0.2) is 27.9 Å². The second kappa shape index (κ2) is 8.61. The Morgan fingerprint density at radius 2 is 1.90 bits per heavy atom. The highest BCUT2D eigenvalue weighted by molar-refractivity contribution is 6.36. The van der Waals surface area contributed by atoms with Crippen LogP contribution in [-0.2, 0) is 0 Å². The number of hydrogen-bond donors (Lipinski definition) is 2. The molecule has 1 unspecified atom stereocenters. The Labute approximate surface area is 180 Å². The number of pyridine rings is 1. The molecule has 1 aromatic carbocycles. The predicted molar refractivity (Wildman–Crippen MR) is 117 cm³/mol. The third-order valence-electron chi connectivity index (χ3n) is 5.21. The molecule has 1 saturated heterocycles. The molecule has 4 rings (SSSR count). The fourth-order valence-corrected chi connectivity index (χ4v) is 4.32. The van der Waals surface area contributed by atoms with Gasteiger partial charge in [0.15, 0.2) is 11.6 Å². The first-order valence-electron chi connectivity index (χ1n) is 9.64. The Kier molecular flexibility index (Phi) is 5.94. The minimum absolute atomic E-state index is 0.314. The van der Waals surface area contributed by atoms with Gasteiger partial charge in [-0.1, -0.05) is 29.3 Å². The number of nitrogen functional groups attached to an aromatic ring is 1. The fraction of sp³-hybridized carbons (Fsp3) is 0.333. The Morgan fingerprint density at radius 1 is 1.17 bits per heavy atom. The maximum atomic E-state index is 6.31. The number of piperidine rings is 1. The van der Waals surface area contributed by atoms with E-state index < -0.39 is 0 Å². The summed E-state index contributed by atoms with van der Waals surface area (Å²) in [4.78, 5) is 4.31. The van der Waals surface area contributed by atoms with Crippen LogP contribution in [0.15, 0.2) is 42.9 Å². The van der Waals surface area contributed by atoms with E-state index in [-0.39, 0.29) is 6.10 Å². The second-order valence-corrected chi connectivity index (χ2v) is 8.01. The summed E-state index contributed by atoms with van der Waals surface area (Å²) in [5.74, 6) is 0.801. The zero-order valence-corrected chi connectivity index (χ0v) is 17.6. The molecule has 0 aliphatic carbocycles. The molecule has 1 atom stereocenters. The number of hydrogen-bond acceptors (Lipinski definition) is 5. The molecule has 0 amide bonds. The second-order valence-electron chi connectivity index (χ2n) is 7.19. The summed E-state index contributed by atoms with van der Waals surface area (Å²) in [6.07, 6.45) is 7.42. The minimum Gasteiger partial charge on any atom is -0.482 e. The first kappa shape index (κ1) is 20.0. The van der Waals surface area contributed by atoms with Gasteiger partial charge in [-0.3, -0.25) is 4.68 Å². The van der Waals surface area contributed by atoms with Gasteiger partial charge in [0, 0.05) is 39.1 Å². The van der Waals surface area contributed by atoms with Gasteiger partial charge in [-0.2, -0.15) is 5.10 Å². The van der Waals surface area contributed by atoms with E-state index in [4.69, 9.17) is 33.7 Å². The van der Waals surface area contributed by atoms with Crippen LogP contribution >= 0.6 is 23.2 Å². The lowest BCUT2D eigenvalue weighted by Gasteiger charge is -2.22. The number of nitrogens with zero attached hydrogens (tertiary/aromatic N) is 3. The summed E-state index contributed by atoms with van der Waals surface area (Å²) in [5.41, 5.74) is 8.66. The Bertz CT molecular complexity index is 980. The van der Waals surface area contributed by atoms with Crippen molar-refractivity contribution in [3.63, 3.8) is 0 Å². The molecule has 29 heavy (non-hydrogen) atoms. The van der Waals surface area contributed by atoms with Crippen LogP contribution in [0.1, 0.15) is 37.5 Å². The Balaban J connectivity index is 1.57. The van der Waals surface area contributed by atoms with Crippen molar-refractivity contribution < 1.29 is 4.74 Å². The van der Waals surface area contributed by atoms with Crippen LogP contribution in [0.25, 0.3) is 11.1 Å². The van der Waals surface area contributed by atoms with E-state index in [9.17, 15) is 0 Å². The summed E-state index contributed by atoms with van der Waals surface area (Å²) >= 11 is 12.6. The van der Waals surface area contributed by atoms with Crippen molar-refractivity contribution >= 4 is 29.0 Å². The van der Waals surface area contributed by atoms with Crippen molar-refractivity contribution in [2.45, 2.75) is 31.9 Å². The molecule has 8 heteroatoms. The van der Waals surface area contributed by atoms with Crippen LogP contribution < -0.4 is 15.8 Å². The smallest absolute Gasteiger partial charge is 0.166 e. The molecule has 3 aromatic rings. The van der Waals surface area contributed by atoms with E-state index in [0.717, 1.165) is 42.6 Å². The molecule has 0 bridgehead atoms. The largest absolute Gasteiger partial charge is 0.482 e. The molecular weight excluding hydrogens is 409 g/mol. The van der Waals surface area contributed by atoms with Crippen molar-refractivity contribution in [1.82, 2.24) is 20.1 Å². The van der Waals surface area contributed by atoms with Crippen LogP contribution in [0.2, 0.25) is 10.0 Å². The van der Waals surface area contributed by atoms with E-state index in [0.29, 0.717) is 27.7 Å². The predicted octanol–water partition coefficient (Wildman–Crippen LogP) is 4.90. The van der Waals surface area contributed by atoms with Crippen LogP contribution in [0.5, 0.6) is 5.75 Å². The quantitative estimate of drug-likeness (QED) is 0.600. The average molecular weight is 432 g/mol. The van der Waals surface area contributed by atoms with E-state index in [1.165, 1.54) is 0 Å². The van der Waals surface area contributed by atoms with Crippen molar-refractivity contribution in [3.8, 4) is 16.9 Å². The lowest BCUT2D eigenvalue weighted by atomic mass is 10.1. The van der Waals surface area contributed by atoms with E-state index >= 15 is 0 Å². The highest BCUT2D eigenvalue weighted by atomic mass is 35.5. The molecule has 6 nitrogen and oxygen atoms in total. The summed E-state index contributed by atoms with van der Waals surface area (Å²) in [5, 5.41) is 9.03. The number of aromatic nitrogens is 3. The van der Waals surface area contributed by atoms with Crippen molar-refractivity contribution in [3.05, 3.63) is 58.5 Å². The molecule has 1 aliphatic heterocycles. The van der Waals surface area contributed by atoms with E-state index in [1.54, 1.807) is 24.4 Å². The molecular formula is C21H23Cl2N5O. The summed E-state index contributed by atoms with van der Waals surface area (Å²) in [6.45, 7) is 3.92. The number of halogens is 2. The zero-order chi connectivity index (χ0) is 20.4. The highest BCUT2D eigenvalue weighted by Gasteiger charge is 2.19. The standard InChI is InChI=1S/C21H23Cl2N5O/c1-13(20-17(22)3-2-4-18(20)23)29-19-9-14(10-26-21(19)24)15-11-27-28(12-15)16-5-7-25-8-6-16/h2-4,9-13,16,25H,5-8H2,1H3,(H2,24,26). The third kappa shape index (κ3) is 4.34. The highest BCUT2D eigenvalue weighted by Crippen LogP contribution is 2.35. The van der Waals surface area contributed by atoms with Gasteiger partial charge < -0.3 is 15.8 Å². The van der Waals surface area contributed by atoms with Gasteiger partial charge >= 0.3 is 0 Å². The van der Waals surface area contributed by atoms with E-state index in [1.807, 2.05) is 23.9 Å². The first-order valence-corrected chi connectivity index (χ1v) is 10.4. The maximum absolute atomic E-state index is 6.31. The van der Waals surface area contributed by atoms with Gasteiger partial charge in [0.1, 0.15) is 6.10 Å². The molecule has 1 aliphatic rings. The zero-order valence-electron chi connectivity index (χ0n) is 16.1. The number of nitrogens with one attached hydrogen (secondary N) is 1. The summed E-state index contributed by atoms with van der Waals surface area (Å²) in [6, 6.07) is 7.68. The number of rotatable bonds is 5. The van der Waals surface area contributed by atoms with E-state index in [2.05, 4.69) is 21.6 Å². The van der Waals surface area contributed by atoms with Gasteiger partial charge in [-0.25, -0.2) is 4.98 Å². The number of benzene rings is 1. The van der Waals surface area contributed by atoms with Gasteiger partial charge in [-0.15, -0.1) is 0 Å². The number of ether oxygens (including phenoxy) is 1. The van der Waals surface area contributed by atoms with Crippen LogP contribution in [0.3, 0.4) is 0 Å². The molecule has 0 radical (unpaired) electrons. The molecule has 1 fully saturated rings. The van der Waals surface area contributed by atoms with Crippen LogP contribution in [0.4, 0.5) is 5.82 Å². The Morgan fingerprint density at radius 3 is 2.62 bits per heavy atom. The van der Waals surface area contributed by atoms with Crippen molar-refractivity contribution in [2.24, 2.45) is 0 Å². The molecule has 2 aromatic heterocycles. The lowest BCUT2D eigenvalue weighted by molar-refractivity contribution is 0.228. The van der Waals surface area contributed by atoms with Crippen molar-refractivity contribution in [2.75, 3.05) is 18.8 Å². The number of anilines is 1. The molecule has 3 N–H and O–H groups in total.